The van der Waals surface area contributed by atoms with E-state index < -0.39 is 8.32 Å². The molecule has 0 amide bonds. The molecular weight excluding hydrogens is 476 g/mol. The summed E-state index contributed by atoms with van der Waals surface area (Å²) in [5.74, 6) is 1.47. The second-order valence-corrected chi connectivity index (χ2v) is 19.6. The fourth-order valence-corrected chi connectivity index (χ4v) is 7.03. The first-order valence-electron chi connectivity index (χ1n) is 15.8. The summed E-state index contributed by atoms with van der Waals surface area (Å²) in [6.45, 7) is 31.6. The molecule has 38 heavy (non-hydrogen) atoms. The maximum absolute atomic E-state index is 6.58. The molecule has 1 aliphatic carbocycles. The maximum atomic E-state index is 6.58. The van der Waals surface area contributed by atoms with Crippen molar-refractivity contribution in [2.45, 2.75) is 159 Å². The van der Waals surface area contributed by atoms with Gasteiger partial charge in [-0.15, -0.1) is 0 Å². The maximum Gasteiger partial charge on any atom is 0.191 e. The van der Waals surface area contributed by atoms with Crippen molar-refractivity contribution in [3.63, 3.8) is 0 Å². The summed E-state index contributed by atoms with van der Waals surface area (Å²) < 4.78 is 6.58. The van der Waals surface area contributed by atoms with Gasteiger partial charge in [0.25, 0.3) is 0 Å². The Morgan fingerprint density at radius 2 is 1.47 bits per heavy atom. The van der Waals surface area contributed by atoms with Crippen LogP contribution >= 0.6 is 0 Å². The van der Waals surface area contributed by atoms with E-state index in [0.717, 1.165) is 12.5 Å². The Hall–Kier alpha value is -0.863. The van der Waals surface area contributed by atoms with E-state index in [1.807, 2.05) is 0 Å². The molecule has 0 unspecified atom stereocenters. The minimum atomic E-state index is -1.67. The van der Waals surface area contributed by atoms with Crippen LogP contribution in [0.1, 0.15) is 140 Å². The van der Waals surface area contributed by atoms with Gasteiger partial charge in [-0.25, -0.2) is 0 Å². The summed E-state index contributed by atoms with van der Waals surface area (Å²) >= 11 is 0. The van der Waals surface area contributed by atoms with Crippen molar-refractivity contribution in [2.75, 3.05) is 6.61 Å². The van der Waals surface area contributed by atoms with Crippen LogP contribution in [0.25, 0.3) is 0 Å². The van der Waals surface area contributed by atoms with Crippen molar-refractivity contribution in [2.24, 2.45) is 17.3 Å². The lowest BCUT2D eigenvalue weighted by Crippen LogP contribution is -2.41. The first-order chi connectivity index (χ1) is 17.5. The van der Waals surface area contributed by atoms with Gasteiger partial charge >= 0.3 is 0 Å². The lowest BCUT2D eigenvalue weighted by Gasteiger charge is -2.49. The summed E-state index contributed by atoms with van der Waals surface area (Å²) in [5.41, 5.74) is 8.22. The Labute approximate surface area is 240 Å². The molecule has 1 rings (SSSR count). The Morgan fingerprint density at radius 1 is 0.921 bits per heavy atom. The largest absolute Gasteiger partial charge is 0.417 e. The van der Waals surface area contributed by atoms with Crippen molar-refractivity contribution in [3.8, 4) is 0 Å². The molecule has 1 nitrogen and oxygen atoms in total. The second kappa shape index (κ2) is 15.8. The summed E-state index contributed by atoms with van der Waals surface area (Å²) in [7, 11) is -1.67. The summed E-state index contributed by atoms with van der Waals surface area (Å²) in [4.78, 5) is 0. The molecular formula is C36H66OSi. The van der Waals surface area contributed by atoms with Crippen LogP contribution in [-0.2, 0) is 4.43 Å². The zero-order valence-electron chi connectivity index (χ0n) is 28.1. The highest BCUT2D eigenvalue weighted by Gasteiger charge is 2.43. The van der Waals surface area contributed by atoms with Crippen molar-refractivity contribution in [1.29, 1.82) is 0 Å². The first-order valence-corrected chi connectivity index (χ1v) is 18.7. The third-order valence-electron chi connectivity index (χ3n) is 10.0. The molecule has 0 spiro atoms. The molecule has 0 aromatic rings. The van der Waals surface area contributed by atoms with Gasteiger partial charge in [-0.05, 0) is 141 Å². The van der Waals surface area contributed by atoms with Crippen LogP contribution in [-0.4, -0.2) is 14.9 Å². The normalized spacial score (nSPS) is 23.6. The van der Waals surface area contributed by atoms with Gasteiger partial charge in [-0.2, -0.15) is 0 Å². The summed E-state index contributed by atoms with van der Waals surface area (Å²) in [5, 5.41) is 0.288. The molecule has 0 saturated heterocycles. The van der Waals surface area contributed by atoms with Gasteiger partial charge < -0.3 is 4.43 Å². The van der Waals surface area contributed by atoms with Crippen molar-refractivity contribution < 1.29 is 4.43 Å². The molecule has 220 valence electrons. The lowest BCUT2D eigenvalue weighted by molar-refractivity contribution is 0.0685. The van der Waals surface area contributed by atoms with E-state index in [4.69, 9.17) is 4.43 Å². The fraction of sp³-hybridized carbons (Fsp3) is 0.778. The zero-order chi connectivity index (χ0) is 29.1. The third kappa shape index (κ3) is 11.3. The van der Waals surface area contributed by atoms with E-state index >= 15 is 0 Å². The first kappa shape index (κ1) is 35.2. The molecule has 0 heterocycles. The van der Waals surface area contributed by atoms with Crippen LogP contribution in [0.5, 0.6) is 0 Å². The fourth-order valence-electron chi connectivity index (χ4n) is 5.94. The third-order valence-corrected chi connectivity index (χ3v) is 14.6. The van der Waals surface area contributed by atoms with Crippen LogP contribution in [0.4, 0.5) is 0 Å². The average Bonchev–Trinajstić information content (AvgIpc) is 2.78. The van der Waals surface area contributed by atoms with Gasteiger partial charge in [0, 0.05) is 6.61 Å². The molecule has 1 fully saturated rings. The second-order valence-electron chi connectivity index (χ2n) is 14.8. The molecule has 0 bridgehead atoms. The standard InChI is InChI=1S/C36H66OSi/c1-28(2)18-14-19-30(5)20-15-21-31(6)22-16-26-36(11)32(7)24-25-33(29(3)4)34(36)23-17-27-37-38(12,13)35(8,9)10/h18,20,22,32,34H,14-17,19,21,23-27H2,1-13H3/b30-20+,31-22+/t32-,34-,36-/m1/s1. The van der Waals surface area contributed by atoms with Crippen LogP contribution in [0.2, 0.25) is 18.1 Å². The molecule has 0 N–H and O–H groups in total. The van der Waals surface area contributed by atoms with E-state index in [2.05, 4.69) is 107 Å². The van der Waals surface area contributed by atoms with E-state index in [0.29, 0.717) is 11.3 Å². The van der Waals surface area contributed by atoms with Gasteiger partial charge in [-0.1, -0.05) is 80.7 Å². The van der Waals surface area contributed by atoms with E-state index in [1.165, 1.54) is 75.4 Å². The summed E-state index contributed by atoms with van der Waals surface area (Å²) in [6.07, 6.45) is 19.7. The number of allylic oxidation sites excluding steroid dienone is 8. The molecule has 2 heteroatoms. The highest BCUT2D eigenvalue weighted by Crippen LogP contribution is 2.53. The molecule has 1 aliphatic rings. The van der Waals surface area contributed by atoms with Gasteiger partial charge in [0.15, 0.2) is 8.32 Å². The SMILES string of the molecule is CC(C)=CCC/C(C)=C/CC/C(C)=C/CC[C@]1(C)[C@H](C)CCC(=C(C)C)[C@H]1CCCO[Si](C)(C)C(C)(C)C. The van der Waals surface area contributed by atoms with Crippen molar-refractivity contribution in [3.05, 3.63) is 46.1 Å². The monoisotopic (exact) mass is 542 g/mol. The van der Waals surface area contributed by atoms with Crippen molar-refractivity contribution in [1.82, 2.24) is 0 Å². The summed E-state index contributed by atoms with van der Waals surface area (Å²) in [6, 6.07) is 0. The van der Waals surface area contributed by atoms with E-state index in [1.54, 1.807) is 16.7 Å². The smallest absolute Gasteiger partial charge is 0.191 e. The average molecular weight is 543 g/mol. The zero-order valence-corrected chi connectivity index (χ0v) is 29.1. The van der Waals surface area contributed by atoms with Crippen LogP contribution < -0.4 is 0 Å². The minimum Gasteiger partial charge on any atom is -0.417 e. The Morgan fingerprint density at radius 3 is 2.00 bits per heavy atom. The predicted octanol–water partition coefficient (Wildman–Crippen LogP) is 12.4. The van der Waals surface area contributed by atoms with Gasteiger partial charge in [0.05, 0.1) is 0 Å². The van der Waals surface area contributed by atoms with E-state index in [-0.39, 0.29) is 5.04 Å². The predicted molar refractivity (Wildman–Crippen MR) is 175 cm³/mol. The van der Waals surface area contributed by atoms with Gasteiger partial charge in [0.2, 0.25) is 0 Å². The van der Waals surface area contributed by atoms with E-state index in [9.17, 15) is 0 Å². The Kier molecular flexibility index (Phi) is 14.6. The van der Waals surface area contributed by atoms with Crippen LogP contribution in [0.3, 0.4) is 0 Å². The highest BCUT2D eigenvalue weighted by atomic mass is 28.4. The molecule has 3 atom stereocenters. The molecule has 1 saturated carbocycles. The quantitative estimate of drug-likeness (QED) is 0.120. The van der Waals surface area contributed by atoms with Crippen molar-refractivity contribution >= 4 is 8.32 Å². The lowest BCUT2D eigenvalue weighted by atomic mass is 9.56. The number of hydrogen-bond acceptors (Lipinski definition) is 1. The van der Waals surface area contributed by atoms with Gasteiger partial charge in [0.1, 0.15) is 0 Å². The topological polar surface area (TPSA) is 9.23 Å². The number of hydrogen-bond donors (Lipinski definition) is 0. The molecule has 0 aromatic carbocycles. The Balaban J connectivity index is 2.79. The molecule has 0 radical (unpaired) electrons. The Bertz CT molecular complexity index is 839. The van der Waals surface area contributed by atoms with Gasteiger partial charge in [-0.3, -0.25) is 0 Å². The van der Waals surface area contributed by atoms with Crippen LogP contribution in [0.15, 0.2) is 46.1 Å². The molecule has 0 aromatic heterocycles. The molecule has 0 aliphatic heterocycles. The number of rotatable bonds is 14. The highest BCUT2D eigenvalue weighted by molar-refractivity contribution is 6.74. The minimum absolute atomic E-state index is 0.288. The van der Waals surface area contributed by atoms with Crippen LogP contribution in [0, 0.1) is 17.3 Å².